The molecule has 2 nitrogen and oxygen atoms in total. The quantitative estimate of drug-likeness (QED) is 0.760. The van der Waals surface area contributed by atoms with E-state index in [9.17, 15) is 9.90 Å². The van der Waals surface area contributed by atoms with Crippen LogP contribution in [0.1, 0.15) is 59.3 Å². The molecule has 1 N–H and O–H groups in total. The van der Waals surface area contributed by atoms with E-state index in [1.807, 2.05) is 20.8 Å². The van der Waals surface area contributed by atoms with E-state index in [0.717, 1.165) is 12.8 Å². The van der Waals surface area contributed by atoms with Gasteiger partial charge in [-0.2, -0.15) is 0 Å². The minimum absolute atomic E-state index is 0.217. The second kappa shape index (κ2) is 5.11. The summed E-state index contributed by atoms with van der Waals surface area (Å²) in [5.41, 5.74) is -0.686. The Balaban J connectivity index is 2.33. The van der Waals surface area contributed by atoms with Crippen LogP contribution in [0.25, 0.3) is 0 Å². The summed E-state index contributed by atoms with van der Waals surface area (Å²) in [7, 11) is 0. The first-order valence-corrected chi connectivity index (χ1v) is 6.18. The van der Waals surface area contributed by atoms with Crippen LogP contribution >= 0.6 is 0 Å². The molecule has 1 aliphatic rings. The molecule has 1 saturated carbocycles. The van der Waals surface area contributed by atoms with Crippen LogP contribution < -0.4 is 0 Å². The van der Waals surface area contributed by atoms with Crippen LogP contribution in [0.2, 0.25) is 0 Å². The largest absolute Gasteiger partial charge is 0.390 e. The van der Waals surface area contributed by atoms with Crippen molar-refractivity contribution in [1.82, 2.24) is 0 Å². The Labute approximate surface area is 93.1 Å². The van der Waals surface area contributed by atoms with Crippen molar-refractivity contribution in [1.29, 1.82) is 0 Å². The van der Waals surface area contributed by atoms with Crippen molar-refractivity contribution in [2.75, 3.05) is 0 Å². The first-order valence-electron chi connectivity index (χ1n) is 6.18. The van der Waals surface area contributed by atoms with Gasteiger partial charge in [-0.3, -0.25) is 4.79 Å². The molecule has 1 aliphatic carbocycles. The van der Waals surface area contributed by atoms with E-state index in [1.54, 1.807) is 0 Å². The maximum absolute atomic E-state index is 11.8. The lowest BCUT2D eigenvalue weighted by Gasteiger charge is -2.27. The molecule has 0 heterocycles. The lowest BCUT2D eigenvalue weighted by molar-refractivity contribution is -0.124. The molecule has 0 aromatic carbocycles. The van der Waals surface area contributed by atoms with Gasteiger partial charge in [0.2, 0.25) is 0 Å². The monoisotopic (exact) mass is 212 g/mol. The molecule has 1 atom stereocenters. The van der Waals surface area contributed by atoms with Crippen LogP contribution in [0.5, 0.6) is 0 Å². The number of hydrogen-bond donors (Lipinski definition) is 1. The zero-order valence-corrected chi connectivity index (χ0v) is 10.3. The fraction of sp³-hybridized carbons (Fsp3) is 0.923. The fourth-order valence-electron chi connectivity index (χ4n) is 2.12. The molecule has 88 valence electrons. The Morgan fingerprint density at radius 2 is 1.93 bits per heavy atom. The molecule has 0 bridgehead atoms. The molecular formula is C13H24O2. The molecule has 15 heavy (non-hydrogen) atoms. The molecule has 1 unspecified atom stereocenters. The zero-order chi connectivity index (χ0) is 11.5. The van der Waals surface area contributed by atoms with Crippen molar-refractivity contribution in [3.8, 4) is 0 Å². The average molecular weight is 212 g/mol. The van der Waals surface area contributed by atoms with Crippen molar-refractivity contribution in [2.45, 2.75) is 64.9 Å². The van der Waals surface area contributed by atoms with E-state index in [2.05, 4.69) is 0 Å². The molecular weight excluding hydrogens is 188 g/mol. The Morgan fingerprint density at radius 1 is 1.40 bits per heavy atom. The van der Waals surface area contributed by atoms with Crippen LogP contribution in [-0.2, 0) is 4.79 Å². The van der Waals surface area contributed by atoms with Gasteiger partial charge in [0, 0.05) is 12.3 Å². The van der Waals surface area contributed by atoms with Gasteiger partial charge in [0.15, 0.2) is 0 Å². The van der Waals surface area contributed by atoms with E-state index in [4.69, 9.17) is 0 Å². The average Bonchev–Trinajstić information content (AvgIpc) is 2.66. The van der Waals surface area contributed by atoms with Gasteiger partial charge in [0.1, 0.15) is 5.78 Å². The van der Waals surface area contributed by atoms with E-state index >= 15 is 0 Å². The van der Waals surface area contributed by atoms with Crippen LogP contribution in [0.15, 0.2) is 0 Å². The first kappa shape index (κ1) is 12.7. The highest BCUT2D eigenvalue weighted by molar-refractivity contribution is 5.81. The maximum Gasteiger partial charge on any atom is 0.136 e. The number of Topliss-reactive ketones (excluding diaryl/α,β-unsaturated/α-hetero) is 1. The highest BCUT2D eigenvalue weighted by Crippen LogP contribution is 2.29. The van der Waals surface area contributed by atoms with Gasteiger partial charge in [-0.25, -0.2) is 0 Å². The number of hydrogen-bond acceptors (Lipinski definition) is 2. The summed E-state index contributed by atoms with van der Waals surface area (Å²) in [6, 6.07) is 0. The summed E-state index contributed by atoms with van der Waals surface area (Å²) in [5.74, 6) is 0.885. The number of carbonyl (C=O) groups is 1. The van der Waals surface area contributed by atoms with E-state index in [1.165, 1.54) is 12.8 Å². The van der Waals surface area contributed by atoms with Crippen molar-refractivity contribution in [3.63, 3.8) is 0 Å². The maximum atomic E-state index is 11.8. The minimum Gasteiger partial charge on any atom is -0.390 e. The Kier molecular flexibility index (Phi) is 4.32. The third-order valence-corrected chi connectivity index (χ3v) is 3.93. The van der Waals surface area contributed by atoms with E-state index < -0.39 is 5.60 Å². The lowest BCUT2D eigenvalue weighted by atomic mass is 9.85. The van der Waals surface area contributed by atoms with Gasteiger partial charge >= 0.3 is 0 Å². The van der Waals surface area contributed by atoms with Crippen LogP contribution in [0, 0.1) is 11.8 Å². The second-order valence-corrected chi connectivity index (χ2v) is 5.46. The van der Waals surface area contributed by atoms with Gasteiger partial charge in [-0.1, -0.05) is 26.7 Å². The normalized spacial score (nSPS) is 21.9. The van der Waals surface area contributed by atoms with Gasteiger partial charge in [-0.15, -0.1) is 0 Å². The molecule has 0 amide bonds. The summed E-state index contributed by atoms with van der Waals surface area (Å²) in [5, 5.41) is 10.0. The first-order chi connectivity index (χ1) is 6.93. The zero-order valence-electron chi connectivity index (χ0n) is 10.3. The highest BCUT2D eigenvalue weighted by atomic mass is 16.3. The van der Waals surface area contributed by atoms with Crippen molar-refractivity contribution >= 4 is 5.78 Å². The Hall–Kier alpha value is -0.370. The number of ketones is 1. The summed E-state index contributed by atoms with van der Waals surface area (Å²) in [6.45, 7) is 5.83. The summed E-state index contributed by atoms with van der Waals surface area (Å²) in [4.78, 5) is 11.8. The minimum atomic E-state index is -0.686. The standard InChI is InChI=1S/C13H24O2/c1-10(2)13(3,15)9-8-12(14)11-6-4-5-7-11/h10-11,15H,4-9H2,1-3H3. The predicted molar refractivity (Wildman–Crippen MR) is 61.7 cm³/mol. The smallest absolute Gasteiger partial charge is 0.136 e. The Bertz CT molecular complexity index is 213. The Morgan fingerprint density at radius 3 is 2.40 bits per heavy atom. The molecule has 0 radical (unpaired) electrons. The lowest BCUT2D eigenvalue weighted by Crippen LogP contribution is -2.32. The van der Waals surface area contributed by atoms with Crippen molar-refractivity contribution < 1.29 is 9.90 Å². The highest BCUT2D eigenvalue weighted by Gasteiger charge is 2.28. The van der Waals surface area contributed by atoms with E-state index in [-0.39, 0.29) is 5.92 Å². The van der Waals surface area contributed by atoms with Gasteiger partial charge in [0.05, 0.1) is 5.60 Å². The van der Waals surface area contributed by atoms with Gasteiger partial charge in [-0.05, 0) is 32.1 Å². The molecule has 2 heteroatoms. The molecule has 0 saturated heterocycles. The molecule has 0 aliphatic heterocycles. The van der Waals surface area contributed by atoms with Crippen LogP contribution in [0.4, 0.5) is 0 Å². The summed E-state index contributed by atoms with van der Waals surface area (Å²) in [6.07, 6.45) is 5.72. The molecule has 0 aromatic heterocycles. The predicted octanol–water partition coefficient (Wildman–Crippen LogP) is 2.93. The summed E-state index contributed by atoms with van der Waals surface area (Å²) >= 11 is 0. The molecule has 1 rings (SSSR count). The SMILES string of the molecule is CC(C)C(C)(O)CCC(=O)C1CCCC1. The van der Waals surface area contributed by atoms with Crippen LogP contribution in [-0.4, -0.2) is 16.5 Å². The number of rotatable bonds is 5. The number of aliphatic hydroxyl groups is 1. The van der Waals surface area contributed by atoms with Gasteiger partial charge in [0.25, 0.3) is 0 Å². The van der Waals surface area contributed by atoms with Crippen molar-refractivity contribution in [2.24, 2.45) is 11.8 Å². The van der Waals surface area contributed by atoms with Gasteiger partial charge < -0.3 is 5.11 Å². The topological polar surface area (TPSA) is 37.3 Å². The molecule has 0 spiro atoms. The fourth-order valence-corrected chi connectivity index (χ4v) is 2.12. The molecule has 0 aromatic rings. The summed E-state index contributed by atoms with van der Waals surface area (Å²) < 4.78 is 0. The molecule has 1 fully saturated rings. The van der Waals surface area contributed by atoms with Crippen LogP contribution in [0.3, 0.4) is 0 Å². The second-order valence-electron chi connectivity index (χ2n) is 5.46. The third-order valence-electron chi connectivity index (χ3n) is 3.93. The number of carbonyl (C=O) groups excluding carboxylic acids is 1. The van der Waals surface area contributed by atoms with E-state index in [0.29, 0.717) is 24.5 Å². The van der Waals surface area contributed by atoms with Crippen molar-refractivity contribution in [3.05, 3.63) is 0 Å². The third kappa shape index (κ3) is 3.60.